The van der Waals surface area contributed by atoms with Gasteiger partial charge in [-0.25, -0.2) is 0 Å². The zero-order chi connectivity index (χ0) is 21.8. The summed E-state index contributed by atoms with van der Waals surface area (Å²) in [7, 11) is 0. The highest BCUT2D eigenvalue weighted by molar-refractivity contribution is 5.78. The van der Waals surface area contributed by atoms with Gasteiger partial charge in [0.05, 0.1) is 4.92 Å². The zero-order valence-electron chi connectivity index (χ0n) is 17.1. The summed E-state index contributed by atoms with van der Waals surface area (Å²) in [5.41, 5.74) is 5.47. The van der Waals surface area contributed by atoms with E-state index in [0.29, 0.717) is 17.1 Å². The lowest BCUT2D eigenvalue weighted by atomic mass is 9.99. The third-order valence-electron chi connectivity index (χ3n) is 5.04. The Morgan fingerprint density at radius 2 is 1.29 bits per heavy atom. The molecule has 31 heavy (non-hydrogen) atoms. The zero-order valence-corrected chi connectivity index (χ0v) is 17.1. The molecule has 0 N–H and O–H groups in total. The van der Waals surface area contributed by atoms with Crippen molar-refractivity contribution >= 4 is 11.3 Å². The lowest BCUT2D eigenvalue weighted by molar-refractivity contribution is -0.384. The van der Waals surface area contributed by atoms with Gasteiger partial charge in [0, 0.05) is 23.3 Å². The lowest BCUT2D eigenvalue weighted by Gasteiger charge is -2.16. The monoisotopic (exact) mass is 407 g/mol. The summed E-state index contributed by atoms with van der Waals surface area (Å²) in [6, 6.07) is 30.1. The van der Waals surface area contributed by atoms with Crippen molar-refractivity contribution in [1.29, 1.82) is 0 Å². The van der Waals surface area contributed by atoms with E-state index in [1.165, 1.54) is 6.07 Å². The Bertz CT molecular complexity index is 1150. The summed E-state index contributed by atoms with van der Waals surface area (Å²) >= 11 is 0. The van der Waals surface area contributed by atoms with Crippen molar-refractivity contribution in [2.45, 2.75) is 6.92 Å². The Balaban J connectivity index is 1.84. The van der Waals surface area contributed by atoms with E-state index in [0.717, 1.165) is 27.8 Å². The van der Waals surface area contributed by atoms with E-state index in [9.17, 15) is 10.1 Å². The van der Waals surface area contributed by atoms with Crippen LogP contribution in [-0.4, -0.2) is 4.92 Å². The molecule has 0 aromatic heterocycles. The van der Waals surface area contributed by atoms with Crippen molar-refractivity contribution in [2.24, 2.45) is 0 Å². The Morgan fingerprint density at radius 1 is 0.774 bits per heavy atom. The predicted octanol–water partition coefficient (Wildman–Crippen LogP) is 7.75. The number of allylic oxidation sites excluding steroid dienone is 1. The van der Waals surface area contributed by atoms with E-state index in [4.69, 9.17) is 4.74 Å². The Hall–Kier alpha value is -4.18. The van der Waals surface area contributed by atoms with Gasteiger partial charge >= 0.3 is 0 Å². The van der Waals surface area contributed by atoms with Crippen LogP contribution in [0.15, 0.2) is 104 Å². The largest absolute Gasteiger partial charge is 0.456 e. The van der Waals surface area contributed by atoms with Crippen molar-refractivity contribution in [3.8, 4) is 33.8 Å². The molecule has 0 amide bonds. The molecule has 4 nitrogen and oxygen atoms in total. The van der Waals surface area contributed by atoms with Gasteiger partial charge in [-0.05, 0) is 41.8 Å². The average molecular weight is 407 g/mol. The quantitative estimate of drug-likeness (QED) is 0.242. The summed E-state index contributed by atoms with van der Waals surface area (Å²) < 4.78 is 6.37. The van der Waals surface area contributed by atoms with Crippen molar-refractivity contribution in [2.75, 3.05) is 0 Å². The second-order valence-electron chi connectivity index (χ2n) is 7.26. The maximum absolute atomic E-state index is 11.4. The number of non-ortho nitro benzene ring substituents is 1. The molecule has 0 aliphatic rings. The third-order valence-corrected chi connectivity index (χ3v) is 5.04. The molecule has 152 valence electrons. The topological polar surface area (TPSA) is 52.4 Å². The van der Waals surface area contributed by atoms with Crippen molar-refractivity contribution in [3.05, 3.63) is 119 Å². The van der Waals surface area contributed by atoms with Crippen LogP contribution >= 0.6 is 0 Å². The fourth-order valence-electron chi connectivity index (χ4n) is 3.41. The van der Waals surface area contributed by atoms with Crippen molar-refractivity contribution < 1.29 is 9.66 Å². The highest BCUT2D eigenvalue weighted by Crippen LogP contribution is 2.40. The minimum absolute atomic E-state index is 0.0205. The van der Waals surface area contributed by atoms with E-state index >= 15 is 0 Å². The maximum Gasteiger partial charge on any atom is 0.270 e. The molecule has 0 saturated heterocycles. The van der Waals surface area contributed by atoms with Gasteiger partial charge in [-0.3, -0.25) is 10.1 Å². The first-order chi connectivity index (χ1) is 15.0. The first-order valence-corrected chi connectivity index (χ1v) is 9.90. The molecule has 0 spiro atoms. The van der Waals surface area contributed by atoms with E-state index in [1.54, 1.807) is 12.1 Å². The molecule has 4 aromatic rings. The molecular weight excluding hydrogens is 386 g/mol. The fraction of sp³-hybridized carbons (Fsp3) is 0.0370. The van der Waals surface area contributed by atoms with E-state index < -0.39 is 4.92 Å². The molecule has 4 aromatic carbocycles. The van der Waals surface area contributed by atoms with Crippen LogP contribution in [0.5, 0.6) is 11.5 Å². The first kappa shape index (κ1) is 20.1. The minimum atomic E-state index is -0.396. The summed E-state index contributed by atoms with van der Waals surface area (Å²) in [6.45, 7) is 6.02. The predicted molar refractivity (Wildman–Crippen MR) is 125 cm³/mol. The van der Waals surface area contributed by atoms with Gasteiger partial charge in [0.1, 0.15) is 11.5 Å². The normalized spacial score (nSPS) is 10.5. The van der Waals surface area contributed by atoms with Crippen LogP contribution in [0, 0.1) is 10.1 Å². The summed E-state index contributed by atoms with van der Waals surface area (Å²) in [5.74, 6) is 1.22. The Morgan fingerprint density at radius 3 is 1.81 bits per heavy atom. The van der Waals surface area contributed by atoms with Crippen LogP contribution in [-0.2, 0) is 0 Å². The van der Waals surface area contributed by atoms with Gasteiger partial charge in [-0.1, -0.05) is 78.9 Å². The second-order valence-corrected chi connectivity index (χ2v) is 7.26. The van der Waals surface area contributed by atoms with Crippen LogP contribution in [0.2, 0.25) is 0 Å². The highest BCUT2D eigenvalue weighted by Gasteiger charge is 2.16. The van der Waals surface area contributed by atoms with Gasteiger partial charge in [-0.15, -0.1) is 0 Å². The van der Waals surface area contributed by atoms with Gasteiger partial charge in [-0.2, -0.15) is 0 Å². The second kappa shape index (κ2) is 8.67. The molecule has 0 radical (unpaired) electrons. The van der Waals surface area contributed by atoms with Crippen LogP contribution in [0.25, 0.3) is 27.8 Å². The molecule has 0 unspecified atom stereocenters. The molecule has 4 heteroatoms. The Kier molecular flexibility index (Phi) is 5.63. The Labute approximate surface area is 181 Å². The number of benzene rings is 4. The standard InChI is InChI=1S/C27H21NO3/c1-19(2)22-13-15-26(24(17-22)20-9-5-3-6-10-20)31-27-16-14-23(28(29)30)18-25(27)21-11-7-4-8-12-21/h3-18H,1H2,2H3. The summed E-state index contributed by atoms with van der Waals surface area (Å²) in [6.07, 6.45) is 0. The number of ether oxygens (including phenoxy) is 1. The SMILES string of the molecule is C=C(C)c1ccc(Oc2ccc([N+](=O)[O-])cc2-c2ccccc2)c(-c2ccccc2)c1. The number of hydrogen-bond acceptors (Lipinski definition) is 3. The van der Waals surface area contributed by atoms with E-state index in [1.807, 2.05) is 79.7 Å². The summed E-state index contributed by atoms with van der Waals surface area (Å²) in [5, 5.41) is 11.4. The van der Waals surface area contributed by atoms with E-state index in [2.05, 4.69) is 12.6 Å². The summed E-state index contributed by atoms with van der Waals surface area (Å²) in [4.78, 5) is 11.0. The molecule has 4 rings (SSSR count). The molecule has 0 atom stereocenters. The lowest BCUT2D eigenvalue weighted by Crippen LogP contribution is -1.94. The van der Waals surface area contributed by atoms with Gasteiger partial charge in [0.15, 0.2) is 0 Å². The maximum atomic E-state index is 11.4. The molecule has 0 fully saturated rings. The number of rotatable bonds is 6. The molecule has 0 aliphatic carbocycles. The third kappa shape index (κ3) is 4.38. The van der Waals surface area contributed by atoms with Crippen LogP contribution in [0.1, 0.15) is 12.5 Å². The molecule has 0 bridgehead atoms. The van der Waals surface area contributed by atoms with Gasteiger partial charge < -0.3 is 4.74 Å². The smallest absolute Gasteiger partial charge is 0.270 e. The molecular formula is C27H21NO3. The van der Waals surface area contributed by atoms with Crippen LogP contribution in [0.4, 0.5) is 5.69 Å². The molecule has 0 aliphatic heterocycles. The average Bonchev–Trinajstić information content (AvgIpc) is 2.80. The fourth-order valence-corrected chi connectivity index (χ4v) is 3.41. The van der Waals surface area contributed by atoms with Crippen molar-refractivity contribution in [3.63, 3.8) is 0 Å². The number of nitrogens with zero attached hydrogens (tertiary/aromatic N) is 1. The van der Waals surface area contributed by atoms with Gasteiger partial charge in [0.25, 0.3) is 5.69 Å². The number of hydrogen-bond donors (Lipinski definition) is 0. The van der Waals surface area contributed by atoms with Crippen molar-refractivity contribution in [1.82, 2.24) is 0 Å². The molecule has 0 heterocycles. The first-order valence-electron chi connectivity index (χ1n) is 9.90. The minimum Gasteiger partial charge on any atom is -0.456 e. The number of nitro benzene ring substituents is 1. The van der Waals surface area contributed by atoms with E-state index in [-0.39, 0.29) is 5.69 Å². The number of nitro groups is 1. The van der Waals surface area contributed by atoms with Crippen LogP contribution < -0.4 is 4.74 Å². The van der Waals surface area contributed by atoms with Crippen LogP contribution in [0.3, 0.4) is 0 Å². The highest BCUT2D eigenvalue weighted by atomic mass is 16.6. The molecule has 0 saturated carbocycles. The van der Waals surface area contributed by atoms with Gasteiger partial charge in [0.2, 0.25) is 0 Å².